The molecule has 19 heavy (non-hydrogen) atoms. The highest BCUT2D eigenvalue weighted by Gasteiger charge is 2.03. The minimum absolute atomic E-state index is 0.568. The quantitative estimate of drug-likeness (QED) is 0.845. The van der Waals surface area contributed by atoms with Crippen molar-refractivity contribution < 1.29 is 0 Å². The predicted octanol–water partition coefficient (Wildman–Crippen LogP) is 3.61. The van der Waals surface area contributed by atoms with Crippen molar-refractivity contribution in [3.63, 3.8) is 0 Å². The van der Waals surface area contributed by atoms with Gasteiger partial charge in [-0.15, -0.1) is 11.8 Å². The van der Waals surface area contributed by atoms with E-state index in [2.05, 4.69) is 48.1 Å². The van der Waals surface area contributed by atoms with Crippen LogP contribution in [0.4, 0.5) is 5.82 Å². The summed E-state index contributed by atoms with van der Waals surface area (Å²) < 4.78 is 0. The van der Waals surface area contributed by atoms with E-state index in [0.717, 1.165) is 30.1 Å². The van der Waals surface area contributed by atoms with E-state index in [4.69, 9.17) is 5.73 Å². The number of rotatable bonds is 5. The fraction of sp³-hybridized carbons (Fsp3) is 0.333. The predicted molar refractivity (Wildman–Crippen MR) is 81.2 cm³/mol. The molecular weight excluding hydrogens is 254 g/mol. The van der Waals surface area contributed by atoms with E-state index in [1.165, 1.54) is 10.5 Å². The molecule has 0 spiro atoms. The monoisotopic (exact) mass is 273 g/mol. The topological polar surface area (TPSA) is 51.8 Å². The van der Waals surface area contributed by atoms with Gasteiger partial charge >= 0.3 is 0 Å². The third-order valence-corrected chi connectivity index (χ3v) is 3.75. The lowest BCUT2D eigenvalue weighted by atomic mass is 10.2. The van der Waals surface area contributed by atoms with Crippen molar-refractivity contribution in [3.8, 4) is 0 Å². The van der Waals surface area contributed by atoms with Crippen molar-refractivity contribution in [2.24, 2.45) is 0 Å². The third-order valence-electron chi connectivity index (χ3n) is 2.74. The molecule has 0 radical (unpaired) electrons. The van der Waals surface area contributed by atoms with Gasteiger partial charge in [0.2, 0.25) is 0 Å². The summed E-state index contributed by atoms with van der Waals surface area (Å²) in [6, 6.07) is 10.3. The molecule has 0 aliphatic rings. The lowest BCUT2D eigenvalue weighted by Gasteiger charge is -2.05. The molecule has 0 amide bonds. The van der Waals surface area contributed by atoms with Gasteiger partial charge in [0.1, 0.15) is 11.6 Å². The first-order chi connectivity index (χ1) is 9.17. The van der Waals surface area contributed by atoms with Crippen LogP contribution in [-0.4, -0.2) is 9.97 Å². The van der Waals surface area contributed by atoms with Crippen LogP contribution in [0.5, 0.6) is 0 Å². The maximum absolute atomic E-state index is 5.82. The van der Waals surface area contributed by atoms with E-state index >= 15 is 0 Å². The van der Waals surface area contributed by atoms with Gasteiger partial charge in [-0.2, -0.15) is 0 Å². The number of hydrogen-bond acceptors (Lipinski definition) is 4. The zero-order chi connectivity index (χ0) is 13.7. The highest BCUT2D eigenvalue weighted by Crippen LogP contribution is 2.22. The highest BCUT2D eigenvalue weighted by atomic mass is 32.2. The first-order valence-corrected chi connectivity index (χ1v) is 7.47. The number of aryl methyl sites for hydroxylation is 2. The van der Waals surface area contributed by atoms with Crippen molar-refractivity contribution in [1.82, 2.24) is 9.97 Å². The molecule has 1 heterocycles. The van der Waals surface area contributed by atoms with E-state index in [0.29, 0.717) is 5.82 Å². The van der Waals surface area contributed by atoms with Crippen LogP contribution in [0.2, 0.25) is 0 Å². The molecule has 0 aliphatic carbocycles. The molecule has 0 saturated heterocycles. The van der Waals surface area contributed by atoms with Crippen molar-refractivity contribution in [3.05, 3.63) is 47.4 Å². The van der Waals surface area contributed by atoms with Crippen LogP contribution in [0.15, 0.2) is 35.2 Å². The number of nitrogens with two attached hydrogens (primary N) is 1. The van der Waals surface area contributed by atoms with Crippen molar-refractivity contribution in [1.29, 1.82) is 0 Å². The first kappa shape index (κ1) is 13.9. The molecule has 2 rings (SSSR count). The molecular formula is C15H19N3S. The zero-order valence-corrected chi connectivity index (χ0v) is 12.2. The molecule has 1 aromatic heterocycles. The van der Waals surface area contributed by atoms with Gasteiger partial charge < -0.3 is 5.73 Å². The fourth-order valence-corrected chi connectivity index (χ4v) is 2.56. The lowest BCUT2D eigenvalue weighted by molar-refractivity contribution is 0.856. The summed E-state index contributed by atoms with van der Waals surface area (Å²) in [6.45, 7) is 4.23. The number of anilines is 1. The summed E-state index contributed by atoms with van der Waals surface area (Å²) in [6.07, 6.45) is 2.02. The van der Waals surface area contributed by atoms with Crippen molar-refractivity contribution in [2.75, 3.05) is 5.73 Å². The third kappa shape index (κ3) is 4.24. The van der Waals surface area contributed by atoms with Crippen LogP contribution >= 0.6 is 11.8 Å². The second kappa shape index (κ2) is 6.57. The Morgan fingerprint density at radius 3 is 2.58 bits per heavy atom. The van der Waals surface area contributed by atoms with Gasteiger partial charge in [-0.05, 0) is 25.5 Å². The smallest absolute Gasteiger partial charge is 0.141 e. The number of hydrogen-bond donors (Lipinski definition) is 1. The molecule has 4 heteroatoms. The minimum Gasteiger partial charge on any atom is -0.384 e. The van der Waals surface area contributed by atoms with Gasteiger partial charge in [-0.3, -0.25) is 0 Å². The van der Waals surface area contributed by atoms with Crippen LogP contribution in [0.1, 0.15) is 30.4 Å². The Balaban J connectivity index is 2.04. The molecule has 0 unspecified atom stereocenters. The Kier molecular flexibility index (Phi) is 4.80. The largest absolute Gasteiger partial charge is 0.384 e. The number of nitrogens with zero attached hydrogens (tertiary/aromatic N) is 2. The second-order valence-corrected chi connectivity index (χ2v) is 5.60. The second-order valence-electron chi connectivity index (χ2n) is 4.55. The molecule has 2 aromatic rings. The summed E-state index contributed by atoms with van der Waals surface area (Å²) in [4.78, 5) is 10.1. The van der Waals surface area contributed by atoms with Crippen LogP contribution in [-0.2, 0) is 12.2 Å². The average Bonchev–Trinajstić information content (AvgIpc) is 2.38. The number of nitrogen functional groups attached to an aromatic ring is 1. The lowest BCUT2D eigenvalue weighted by Crippen LogP contribution is -2.02. The zero-order valence-electron chi connectivity index (χ0n) is 11.4. The first-order valence-electron chi connectivity index (χ1n) is 6.49. The molecule has 2 N–H and O–H groups in total. The summed E-state index contributed by atoms with van der Waals surface area (Å²) >= 11 is 1.74. The maximum atomic E-state index is 5.82. The molecule has 0 atom stereocenters. The van der Waals surface area contributed by atoms with Gasteiger partial charge in [0.15, 0.2) is 0 Å². The van der Waals surface area contributed by atoms with E-state index in [-0.39, 0.29) is 0 Å². The SMILES string of the molecule is CCCc1cc(N)nc(CSc2ccc(C)cc2)n1. The van der Waals surface area contributed by atoms with E-state index < -0.39 is 0 Å². The Morgan fingerprint density at radius 2 is 1.89 bits per heavy atom. The van der Waals surface area contributed by atoms with Crippen LogP contribution in [0, 0.1) is 6.92 Å². The van der Waals surface area contributed by atoms with Crippen molar-refractivity contribution in [2.45, 2.75) is 37.3 Å². The number of benzene rings is 1. The Morgan fingerprint density at radius 1 is 1.16 bits per heavy atom. The van der Waals surface area contributed by atoms with Crippen molar-refractivity contribution >= 4 is 17.6 Å². The Bertz CT molecular complexity index is 538. The maximum Gasteiger partial charge on any atom is 0.141 e. The molecule has 3 nitrogen and oxygen atoms in total. The fourth-order valence-electron chi connectivity index (χ4n) is 1.81. The molecule has 0 fully saturated rings. The molecule has 0 aliphatic heterocycles. The molecule has 100 valence electrons. The van der Waals surface area contributed by atoms with E-state index in [1.54, 1.807) is 11.8 Å². The average molecular weight is 273 g/mol. The van der Waals surface area contributed by atoms with Gasteiger partial charge in [0, 0.05) is 16.7 Å². The van der Waals surface area contributed by atoms with Crippen LogP contribution in [0.25, 0.3) is 0 Å². The standard InChI is InChI=1S/C15H19N3S/c1-3-4-12-9-14(16)18-15(17-12)10-19-13-7-5-11(2)6-8-13/h5-9H,3-4,10H2,1-2H3,(H2,16,17,18). The van der Waals surface area contributed by atoms with Gasteiger partial charge in [0.25, 0.3) is 0 Å². The number of thioether (sulfide) groups is 1. The summed E-state index contributed by atoms with van der Waals surface area (Å²) in [5, 5.41) is 0. The summed E-state index contributed by atoms with van der Waals surface area (Å²) in [7, 11) is 0. The van der Waals surface area contributed by atoms with Gasteiger partial charge in [-0.25, -0.2) is 9.97 Å². The Labute approximate surface area is 118 Å². The van der Waals surface area contributed by atoms with Gasteiger partial charge in [-0.1, -0.05) is 31.0 Å². The molecule has 1 aromatic carbocycles. The van der Waals surface area contributed by atoms with Crippen LogP contribution < -0.4 is 5.73 Å². The normalized spacial score (nSPS) is 10.6. The van der Waals surface area contributed by atoms with Crippen LogP contribution in [0.3, 0.4) is 0 Å². The highest BCUT2D eigenvalue weighted by molar-refractivity contribution is 7.98. The summed E-state index contributed by atoms with van der Waals surface area (Å²) in [5.74, 6) is 2.14. The van der Waals surface area contributed by atoms with E-state index in [9.17, 15) is 0 Å². The van der Waals surface area contributed by atoms with Gasteiger partial charge in [0.05, 0.1) is 5.75 Å². The Hall–Kier alpha value is -1.55. The molecule has 0 bridgehead atoms. The van der Waals surface area contributed by atoms with E-state index in [1.807, 2.05) is 6.07 Å². The summed E-state index contributed by atoms with van der Waals surface area (Å²) in [5.41, 5.74) is 8.13. The molecule has 0 saturated carbocycles. The minimum atomic E-state index is 0.568. The number of aromatic nitrogens is 2.